The van der Waals surface area contributed by atoms with Crippen LogP contribution in [0.1, 0.15) is 50.2 Å². The number of nitrogens with zero attached hydrogens (tertiary/aromatic N) is 1. The molecule has 2 N–H and O–H groups in total. The fraction of sp³-hybridized carbons (Fsp3) is 0.562. The van der Waals surface area contributed by atoms with E-state index in [-0.39, 0.29) is 10.4 Å². The number of benzene rings is 1. The molecule has 1 aromatic carbocycles. The molecule has 0 radical (unpaired) electrons. The van der Waals surface area contributed by atoms with Crippen LogP contribution in [-0.4, -0.2) is 15.3 Å². The minimum absolute atomic E-state index is 0.0545. The zero-order chi connectivity index (χ0) is 14.6. The number of nitrogens with one attached hydrogen (secondary N) is 1. The predicted octanol–water partition coefficient (Wildman–Crippen LogP) is 4.36. The summed E-state index contributed by atoms with van der Waals surface area (Å²) in [6.45, 7) is 0. The Labute approximate surface area is 127 Å². The second kappa shape index (κ2) is 4.68. The zero-order valence-corrected chi connectivity index (χ0v) is 12.5. The second-order valence-corrected chi connectivity index (χ2v) is 7.07. The van der Waals surface area contributed by atoms with E-state index in [2.05, 4.69) is 10.2 Å². The Kier molecular flexibility index (Phi) is 3.02. The fourth-order valence-electron chi connectivity index (χ4n) is 4.31. The molecular formula is C16H18ClFN2O. The summed E-state index contributed by atoms with van der Waals surface area (Å²) in [7, 11) is 0. The van der Waals surface area contributed by atoms with Crippen molar-refractivity contribution in [2.24, 2.45) is 11.3 Å². The lowest BCUT2D eigenvalue weighted by Gasteiger charge is -2.49. The SMILES string of the molecule is OC(c1c(F)c(Cl)cc2cn[nH]c12)C12CCC(CC1)CC2. The van der Waals surface area contributed by atoms with Crippen molar-refractivity contribution in [2.75, 3.05) is 0 Å². The van der Waals surface area contributed by atoms with Gasteiger partial charge in [-0.3, -0.25) is 5.10 Å². The summed E-state index contributed by atoms with van der Waals surface area (Å²) >= 11 is 6.00. The summed E-state index contributed by atoms with van der Waals surface area (Å²) in [5, 5.41) is 18.6. The average molecular weight is 309 g/mol. The van der Waals surface area contributed by atoms with Crippen LogP contribution in [0.15, 0.2) is 12.3 Å². The Morgan fingerprint density at radius 3 is 2.67 bits per heavy atom. The molecule has 1 aromatic heterocycles. The van der Waals surface area contributed by atoms with Gasteiger partial charge in [0.05, 0.1) is 22.8 Å². The molecule has 1 atom stereocenters. The van der Waals surface area contributed by atoms with Gasteiger partial charge in [-0.2, -0.15) is 5.10 Å². The number of aromatic amines is 1. The van der Waals surface area contributed by atoms with Gasteiger partial charge >= 0.3 is 0 Å². The zero-order valence-electron chi connectivity index (χ0n) is 11.7. The third kappa shape index (κ3) is 1.92. The van der Waals surface area contributed by atoms with Crippen LogP contribution in [0.3, 0.4) is 0 Å². The molecule has 0 aliphatic heterocycles. The maximum atomic E-state index is 14.6. The van der Waals surface area contributed by atoms with Crippen molar-refractivity contribution in [2.45, 2.75) is 44.6 Å². The van der Waals surface area contributed by atoms with Crippen molar-refractivity contribution >= 4 is 22.5 Å². The van der Waals surface area contributed by atoms with E-state index in [1.165, 1.54) is 0 Å². The molecule has 3 fully saturated rings. The molecule has 0 saturated heterocycles. The summed E-state index contributed by atoms with van der Waals surface area (Å²) in [4.78, 5) is 0. The number of hydrogen-bond donors (Lipinski definition) is 2. The number of H-pyrrole nitrogens is 1. The number of halogens is 2. The molecule has 3 nitrogen and oxygen atoms in total. The lowest BCUT2D eigenvalue weighted by molar-refractivity contribution is -0.0565. The van der Waals surface area contributed by atoms with E-state index in [9.17, 15) is 9.50 Å². The van der Waals surface area contributed by atoms with E-state index in [0.29, 0.717) is 11.1 Å². The molecule has 1 unspecified atom stereocenters. The first-order valence-electron chi connectivity index (χ1n) is 7.60. The van der Waals surface area contributed by atoms with Gasteiger partial charge in [-0.15, -0.1) is 0 Å². The van der Waals surface area contributed by atoms with Crippen LogP contribution in [0, 0.1) is 17.2 Å². The summed E-state index contributed by atoms with van der Waals surface area (Å²) in [5.41, 5.74) is 0.681. The van der Waals surface area contributed by atoms with Gasteiger partial charge in [0, 0.05) is 16.4 Å². The third-order valence-corrected chi connectivity index (χ3v) is 5.95. The van der Waals surface area contributed by atoms with E-state index in [1.807, 2.05) is 0 Å². The van der Waals surface area contributed by atoms with Crippen molar-refractivity contribution in [1.29, 1.82) is 0 Å². The van der Waals surface area contributed by atoms with Crippen molar-refractivity contribution in [3.05, 3.63) is 28.7 Å². The molecule has 3 saturated carbocycles. The van der Waals surface area contributed by atoms with Gasteiger partial charge in [0.2, 0.25) is 0 Å². The van der Waals surface area contributed by atoms with Gasteiger partial charge in [-0.1, -0.05) is 11.6 Å². The van der Waals surface area contributed by atoms with Gasteiger partial charge in [0.25, 0.3) is 0 Å². The lowest BCUT2D eigenvalue weighted by Crippen LogP contribution is -2.39. The predicted molar refractivity (Wildman–Crippen MR) is 79.6 cm³/mol. The van der Waals surface area contributed by atoms with Crippen LogP contribution in [0.2, 0.25) is 5.02 Å². The first-order valence-corrected chi connectivity index (χ1v) is 7.97. The minimum Gasteiger partial charge on any atom is -0.388 e. The fourth-order valence-corrected chi connectivity index (χ4v) is 4.53. The van der Waals surface area contributed by atoms with Crippen LogP contribution >= 0.6 is 11.6 Å². The summed E-state index contributed by atoms with van der Waals surface area (Å²) in [5.74, 6) is 0.290. The highest BCUT2D eigenvalue weighted by Crippen LogP contribution is 2.57. The highest BCUT2D eigenvalue weighted by atomic mass is 35.5. The topological polar surface area (TPSA) is 48.9 Å². The average Bonchev–Trinajstić information content (AvgIpc) is 2.97. The molecule has 0 spiro atoms. The van der Waals surface area contributed by atoms with Gasteiger partial charge in [0.1, 0.15) is 5.82 Å². The lowest BCUT2D eigenvalue weighted by atomic mass is 9.57. The van der Waals surface area contributed by atoms with E-state index in [4.69, 9.17) is 11.6 Å². The van der Waals surface area contributed by atoms with Crippen LogP contribution in [0.5, 0.6) is 0 Å². The van der Waals surface area contributed by atoms with Crippen molar-refractivity contribution in [3.63, 3.8) is 0 Å². The van der Waals surface area contributed by atoms with Crippen LogP contribution < -0.4 is 0 Å². The van der Waals surface area contributed by atoms with Gasteiger partial charge in [-0.25, -0.2) is 4.39 Å². The van der Waals surface area contributed by atoms with E-state index >= 15 is 0 Å². The molecule has 21 heavy (non-hydrogen) atoms. The molecule has 5 rings (SSSR count). The number of rotatable bonds is 2. The maximum Gasteiger partial charge on any atom is 0.149 e. The van der Waals surface area contributed by atoms with E-state index in [1.54, 1.807) is 12.3 Å². The van der Waals surface area contributed by atoms with Crippen molar-refractivity contribution in [1.82, 2.24) is 10.2 Å². The van der Waals surface area contributed by atoms with Gasteiger partial charge < -0.3 is 5.11 Å². The van der Waals surface area contributed by atoms with E-state index in [0.717, 1.165) is 49.8 Å². The number of hydrogen-bond acceptors (Lipinski definition) is 2. The Morgan fingerprint density at radius 1 is 1.33 bits per heavy atom. The Hall–Kier alpha value is -1.13. The summed E-state index contributed by atoms with van der Waals surface area (Å²) < 4.78 is 14.6. The summed E-state index contributed by atoms with van der Waals surface area (Å²) in [6, 6.07) is 1.56. The third-order valence-electron chi connectivity index (χ3n) is 5.67. The van der Waals surface area contributed by atoms with Gasteiger partial charge in [0.15, 0.2) is 0 Å². The normalized spacial score (nSPS) is 30.0. The molecule has 2 aromatic rings. The maximum absolute atomic E-state index is 14.6. The Balaban J connectivity index is 1.85. The number of aromatic nitrogens is 2. The highest BCUT2D eigenvalue weighted by Gasteiger charge is 2.47. The molecule has 112 valence electrons. The molecule has 3 aliphatic carbocycles. The molecule has 5 heteroatoms. The number of aliphatic hydroxyl groups is 1. The first kappa shape index (κ1) is 13.5. The molecular weight excluding hydrogens is 291 g/mol. The molecule has 2 bridgehead atoms. The summed E-state index contributed by atoms with van der Waals surface area (Å²) in [6.07, 6.45) is 7.15. The Bertz CT molecular complexity index is 677. The number of fused-ring (bicyclic) bond motifs is 4. The molecule has 3 aliphatic rings. The molecule has 0 amide bonds. The van der Waals surface area contributed by atoms with Crippen LogP contribution in [-0.2, 0) is 0 Å². The quantitative estimate of drug-likeness (QED) is 0.866. The molecule has 1 heterocycles. The standard InChI is InChI=1S/C16H18ClFN2O/c17-11-7-10-8-19-20-14(10)12(13(11)18)15(21)16-4-1-9(2-5-16)3-6-16/h7-9,15,21H,1-6H2,(H,19,20). The second-order valence-electron chi connectivity index (χ2n) is 6.67. The monoisotopic (exact) mass is 308 g/mol. The largest absolute Gasteiger partial charge is 0.388 e. The first-order chi connectivity index (χ1) is 10.1. The number of aliphatic hydroxyl groups excluding tert-OH is 1. The minimum atomic E-state index is -0.819. The van der Waals surface area contributed by atoms with Crippen LogP contribution in [0.4, 0.5) is 4.39 Å². The van der Waals surface area contributed by atoms with Crippen molar-refractivity contribution in [3.8, 4) is 0 Å². The Morgan fingerprint density at radius 2 is 2.00 bits per heavy atom. The highest BCUT2D eigenvalue weighted by molar-refractivity contribution is 6.31. The van der Waals surface area contributed by atoms with Crippen molar-refractivity contribution < 1.29 is 9.50 Å². The van der Waals surface area contributed by atoms with Crippen LogP contribution in [0.25, 0.3) is 10.9 Å². The van der Waals surface area contributed by atoms with E-state index < -0.39 is 11.9 Å². The van der Waals surface area contributed by atoms with Gasteiger partial charge in [-0.05, 0) is 50.5 Å². The smallest absolute Gasteiger partial charge is 0.149 e.